The standard InChI is InChI=1S/C21H22N4OS/c26-21(24-20-23-18(15-27-20)16-7-3-1-4-8-16)25-14-6-2-5-9-19(25)17-10-12-22-13-11-17/h1,3-4,7-8,10-13,15,19H,2,5-6,9,14H2,(H,23,24,26)/t19-/m1/s1. The monoisotopic (exact) mass is 378 g/mol. The molecular weight excluding hydrogens is 356 g/mol. The van der Waals surface area contributed by atoms with Gasteiger partial charge in [-0.3, -0.25) is 10.3 Å². The zero-order valence-corrected chi connectivity index (χ0v) is 15.9. The number of nitrogens with zero attached hydrogens (tertiary/aromatic N) is 3. The lowest BCUT2D eigenvalue weighted by atomic mass is 10.0. The molecule has 6 heteroatoms. The van der Waals surface area contributed by atoms with E-state index in [1.165, 1.54) is 11.3 Å². The van der Waals surface area contributed by atoms with Crippen LogP contribution in [0.2, 0.25) is 0 Å². The van der Waals surface area contributed by atoms with Gasteiger partial charge in [0.25, 0.3) is 0 Å². The molecular formula is C21H22N4OS. The van der Waals surface area contributed by atoms with Gasteiger partial charge >= 0.3 is 6.03 Å². The molecule has 1 aromatic carbocycles. The number of urea groups is 1. The third kappa shape index (κ3) is 4.17. The number of benzene rings is 1. The van der Waals surface area contributed by atoms with E-state index >= 15 is 0 Å². The Kier molecular flexibility index (Phi) is 5.44. The van der Waals surface area contributed by atoms with Crippen molar-refractivity contribution in [3.05, 3.63) is 65.8 Å². The van der Waals surface area contributed by atoms with E-state index in [0.29, 0.717) is 5.13 Å². The highest BCUT2D eigenvalue weighted by atomic mass is 32.1. The van der Waals surface area contributed by atoms with Crippen molar-refractivity contribution in [1.82, 2.24) is 14.9 Å². The number of likely N-dealkylation sites (tertiary alicyclic amines) is 1. The smallest absolute Gasteiger partial charge is 0.317 e. The predicted octanol–water partition coefficient (Wildman–Crippen LogP) is 5.35. The van der Waals surface area contributed by atoms with Crippen molar-refractivity contribution in [2.75, 3.05) is 11.9 Å². The molecule has 0 radical (unpaired) electrons. The summed E-state index contributed by atoms with van der Waals surface area (Å²) in [5.74, 6) is 0. The molecule has 138 valence electrons. The number of hydrogen-bond donors (Lipinski definition) is 1. The van der Waals surface area contributed by atoms with Gasteiger partial charge in [0.05, 0.1) is 11.7 Å². The average molecular weight is 379 g/mol. The Bertz CT molecular complexity index is 881. The van der Waals surface area contributed by atoms with Gasteiger partial charge in [-0.15, -0.1) is 11.3 Å². The van der Waals surface area contributed by atoms with Crippen molar-refractivity contribution in [2.24, 2.45) is 0 Å². The van der Waals surface area contributed by atoms with Gasteiger partial charge in [-0.2, -0.15) is 0 Å². The van der Waals surface area contributed by atoms with Crippen LogP contribution in [0.1, 0.15) is 37.3 Å². The van der Waals surface area contributed by atoms with E-state index in [-0.39, 0.29) is 12.1 Å². The summed E-state index contributed by atoms with van der Waals surface area (Å²) in [5.41, 5.74) is 3.09. The summed E-state index contributed by atoms with van der Waals surface area (Å²) in [6, 6.07) is 14.0. The van der Waals surface area contributed by atoms with Crippen molar-refractivity contribution in [2.45, 2.75) is 31.7 Å². The largest absolute Gasteiger partial charge is 0.324 e. The number of amides is 2. The van der Waals surface area contributed by atoms with E-state index in [2.05, 4.69) is 15.3 Å². The number of carbonyl (C=O) groups is 1. The van der Waals surface area contributed by atoms with Crippen molar-refractivity contribution >= 4 is 22.5 Å². The number of anilines is 1. The van der Waals surface area contributed by atoms with E-state index < -0.39 is 0 Å². The van der Waals surface area contributed by atoms with Crippen LogP contribution in [0.25, 0.3) is 11.3 Å². The number of pyridine rings is 1. The minimum atomic E-state index is -0.0762. The Hall–Kier alpha value is -2.73. The molecule has 1 N–H and O–H groups in total. The van der Waals surface area contributed by atoms with Crippen LogP contribution in [0.5, 0.6) is 0 Å². The number of hydrogen-bond acceptors (Lipinski definition) is 4. The van der Waals surface area contributed by atoms with E-state index in [0.717, 1.165) is 49.0 Å². The van der Waals surface area contributed by atoms with Crippen LogP contribution >= 0.6 is 11.3 Å². The summed E-state index contributed by atoms with van der Waals surface area (Å²) in [5, 5.41) is 5.62. The fourth-order valence-corrected chi connectivity index (χ4v) is 4.23. The molecule has 0 aliphatic carbocycles. The minimum absolute atomic E-state index is 0.0762. The molecule has 0 unspecified atom stereocenters. The van der Waals surface area contributed by atoms with Crippen molar-refractivity contribution in [3.8, 4) is 11.3 Å². The van der Waals surface area contributed by atoms with Crippen LogP contribution in [0.15, 0.2) is 60.2 Å². The first-order valence-corrected chi connectivity index (χ1v) is 10.2. The minimum Gasteiger partial charge on any atom is -0.317 e. The van der Waals surface area contributed by atoms with Crippen LogP contribution in [0.4, 0.5) is 9.93 Å². The van der Waals surface area contributed by atoms with Gasteiger partial charge < -0.3 is 4.90 Å². The van der Waals surface area contributed by atoms with Crippen LogP contribution in [0.3, 0.4) is 0 Å². The lowest BCUT2D eigenvalue weighted by Gasteiger charge is -2.30. The van der Waals surface area contributed by atoms with Gasteiger partial charge in [0.15, 0.2) is 5.13 Å². The number of nitrogens with one attached hydrogen (secondary N) is 1. The fraction of sp³-hybridized carbons (Fsp3) is 0.286. The molecule has 5 nitrogen and oxygen atoms in total. The first-order chi connectivity index (χ1) is 13.3. The van der Waals surface area contributed by atoms with Gasteiger partial charge in [-0.1, -0.05) is 43.2 Å². The highest BCUT2D eigenvalue weighted by Crippen LogP contribution is 2.31. The third-order valence-electron chi connectivity index (χ3n) is 4.89. The van der Waals surface area contributed by atoms with Gasteiger partial charge in [0.1, 0.15) is 0 Å². The Morgan fingerprint density at radius 1 is 1.07 bits per heavy atom. The second-order valence-corrected chi connectivity index (χ2v) is 7.53. The zero-order chi connectivity index (χ0) is 18.5. The van der Waals surface area contributed by atoms with Crippen LogP contribution in [0, 0.1) is 0 Å². The molecule has 1 saturated heterocycles. The topological polar surface area (TPSA) is 58.1 Å². The Labute approximate surface area is 163 Å². The van der Waals surface area contributed by atoms with E-state index in [9.17, 15) is 4.79 Å². The molecule has 3 heterocycles. The number of thiazole rings is 1. The normalized spacial score (nSPS) is 17.3. The highest BCUT2D eigenvalue weighted by Gasteiger charge is 2.27. The lowest BCUT2D eigenvalue weighted by molar-refractivity contribution is 0.189. The molecule has 0 bridgehead atoms. The van der Waals surface area contributed by atoms with Crippen molar-refractivity contribution in [3.63, 3.8) is 0 Å². The van der Waals surface area contributed by atoms with Gasteiger partial charge in [0.2, 0.25) is 0 Å². The maximum absolute atomic E-state index is 13.0. The second-order valence-electron chi connectivity index (χ2n) is 6.67. The van der Waals surface area contributed by atoms with Crippen LogP contribution in [-0.4, -0.2) is 27.4 Å². The molecule has 27 heavy (non-hydrogen) atoms. The van der Waals surface area contributed by atoms with E-state index in [1.54, 1.807) is 12.4 Å². The molecule has 0 saturated carbocycles. The Morgan fingerprint density at radius 3 is 2.70 bits per heavy atom. The van der Waals surface area contributed by atoms with Gasteiger partial charge in [0, 0.05) is 29.9 Å². The highest BCUT2D eigenvalue weighted by molar-refractivity contribution is 7.14. The molecule has 1 atom stereocenters. The van der Waals surface area contributed by atoms with Crippen molar-refractivity contribution < 1.29 is 4.79 Å². The summed E-state index contributed by atoms with van der Waals surface area (Å²) < 4.78 is 0. The van der Waals surface area contributed by atoms with Gasteiger partial charge in [-0.05, 0) is 30.5 Å². The Morgan fingerprint density at radius 2 is 1.89 bits per heavy atom. The average Bonchev–Trinajstić information content (AvgIpc) is 3.04. The summed E-state index contributed by atoms with van der Waals surface area (Å²) in [6.07, 6.45) is 7.88. The van der Waals surface area contributed by atoms with Crippen LogP contribution < -0.4 is 5.32 Å². The summed E-state index contributed by atoms with van der Waals surface area (Å²) >= 11 is 1.46. The van der Waals surface area contributed by atoms with E-state index in [1.807, 2.05) is 52.7 Å². The first kappa shape index (κ1) is 17.7. The SMILES string of the molecule is O=C(Nc1nc(-c2ccccc2)cs1)N1CCCCC[C@@H]1c1ccncc1. The molecule has 1 aliphatic rings. The fourth-order valence-electron chi connectivity index (χ4n) is 3.52. The van der Waals surface area contributed by atoms with Crippen LogP contribution in [-0.2, 0) is 0 Å². The number of rotatable bonds is 3. The maximum Gasteiger partial charge on any atom is 0.324 e. The molecule has 0 spiro atoms. The summed E-state index contributed by atoms with van der Waals surface area (Å²) in [4.78, 5) is 23.7. The molecule has 1 fully saturated rings. The zero-order valence-electron chi connectivity index (χ0n) is 15.0. The first-order valence-electron chi connectivity index (χ1n) is 9.30. The van der Waals surface area contributed by atoms with E-state index in [4.69, 9.17) is 0 Å². The maximum atomic E-state index is 13.0. The lowest BCUT2D eigenvalue weighted by Crippen LogP contribution is -2.38. The quantitative estimate of drug-likeness (QED) is 0.668. The molecule has 4 rings (SSSR count). The summed E-state index contributed by atoms with van der Waals surface area (Å²) in [6.45, 7) is 0.760. The Balaban J connectivity index is 1.51. The number of carbonyl (C=O) groups excluding carboxylic acids is 1. The molecule has 2 aromatic heterocycles. The third-order valence-corrected chi connectivity index (χ3v) is 5.65. The summed E-state index contributed by atoms with van der Waals surface area (Å²) in [7, 11) is 0. The molecule has 3 aromatic rings. The predicted molar refractivity (Wildman–Crippen MR) is 109 cm³/mol. The molecule has 2 amide bonds. The second kappa shape index (κ2) is 8.31. The van der Waals surface area contributed by atoms with Gasteiger partial charge in [-0.25, -0.2) is 9.78 Å². The number of aromatic nitrogens is 2. The van der Waals surface area contributed by atoms with Crippen molar-refractivity contribution in [1.29, 1.82) is 0 Å². The molecule has 1 aliphatic heterocycles.